The molecule has 376 valence electrons. The fraction of sp³-hybridized carbons (Fsp3) is 0.780. The number of rotatable bonds is 50. The van der Waals surface area contributed by atoms with E-state index < -0.39 is 6.10 Å². The molecule has 65 heavy (non-hydrogen) atoms. The lowest BCUT2D eigenvalue weighted by molar-refractivity contribution is -0.167. The molecule has 0 aromatic rings. The van der Waals surface area contributed by atoms with E-state index in [2.05, 4.69) is 81.5 Å². The summed E-state index contributed by atoms with van der Waals surface area (Å²) in [4.78, 5) is 38.0. The number of carbonyl (C=O) groups is 3. The molecule has 0 heterocycles. The van der Waals surface area contributed by atoms with Crippen LogP contribution in [-0.2, 0) is 28.6 Å². The lowest BCUT2D eigenvalue weighted by Crippen LogP contribution is -2.30. The second-order valence-corrected chi connectivity index (χ2v) is 18.5. The summed E-state index contributed by atoms with van der Waals surface area (Å²) in [5.41, 5.74) is 0. The number of esters is 3. The van der Waals surface area contributed by atoms with E-state index in [4.69, 9.17) is 14.2 Å². The van der Waals surface area contributed by atoms with Gasteiger partial charge in [-0.3, -0.25) is 14.4 Å². The minimum Gasteiger partial charge on any atom is -0.462 e. The molecule has 1 atom stereocenters. The quantitative estimate of drug-likeness (QED) is 0.0199. The molecule has 6 heteroatoms. The van der Waals surface area contributed by atoms with Crippen LogP contribution in [0.1, 0.15) is 278 Å². The van der Waals surface area contributed by atoms with Crippen molar-refractivity contribution in [2.24, 2.45) is 0 Å². The highest BCUT2D eigenvalue weighted by Gasteiger charge is 2.19. The van der Waals surface area contributed by atoms with Gasteiger partial charge in [0.15, 0.2) is 6.10 Å². The monoisotopic (exact) mass is 909 g/mol. The molecule has 0 aliphatic rings. The molecule has 6 nitrogen and oxygen atoms in total. The summed E-state index contributed by atoms with van der Waals surface area (Å²) in [5, 5.41) is 0. The van der Waals surface area contributed by atoms with Crippen LogP contribution < -0.4 is 0 Å². The Kier molecular flexibility index (Phi) is 51.3. The topological polar surface area (TPSA) is 78.9 Å². The SMILES string of the molecule is CC/C=C\C/C=C\CCCCC(=O)OCC(COC(=O)CCCCCCCCCCCC/C=C\C=C/CCCCC)OC(=O)CCCCCCCCC/C=C\CCCCCCCCCC. The van der Waals surface area contributed by atoms with E-state index in [1.165, 1.54) is 167 Å². The third kappa shape index (κ3) is 51.9. The number of hydrogen-bond donors (Lipinski definition) is 0. The summed E-state index contributed by atoms with van der Waals surface area (Å²) in [6, 6.07) is 0. The van der Waals surface area contributed by atoms with E-state index >= 15 is 0 Å². The zero-order valence-corrected chi connectivity index (χ0v) is 43.0. The molecule has 0 spiro atoms. The highest BCUT2D eigenvalue weighted by atomic mass is 16.6. The van der Waals surface area contributed by atoms with Crippen LogP contribution in [0.2, 0.25) is 0 Å². The maximum atomic E-state index is 12.8. The molecule has 0 radical (unpaired) electrons. The molecule has 0 rings (SSSR count). The lowest BCUT2D eigenvalue weighted by atomic mass is 10.1. The van der Waals surface area contributed by atoms with Crippen molar-refractivity contribution < 1.29 is 28.6 Å². The van der Waals surface area contributed by atoms with Gasteiger partial charge in [-0.25, -0.2) is 0 Å². The van der Waals surface area contributed by atoms with Crippen molar-refractivity contribution in [3.8, 4) is 0 Å². The van der Waals surface area contributed by atoms with E-state index in [0.717, 1.165) is 70.6 Å². The third-order valence-corrected chi connectivity index (χ3v) is 12.0. The summed E-state index contributed by atoms with van der Waals surface area (Å²) in [6.07, 6.45) is 66.5. The predicted molar refractivity (Wildman–Crippen MR) is 279 cm³/mol. The van der Waals surface area contributed by atoms with Gasteiger partial charge in [-0.2, -0.15) is 0 Å². The number of unbranched alkanes of at least 4 members (excludes halogenated alkanes) is 30. The van der Waals surface area contributed by atoms with E-state index in [1.54, 1.807) is 0 Å². The van der Waals surface area contributed by atoms with E-state index in [-0.39, 0.29) is 31.1 Å². The normalized spacial score (nSPS) is 12.5. The first-order valence-corrected chi connectivity index (χ1v) is 27.8. The average molecular weight is 909 g/mol. The van der Waals surface area contributed by atoms with Crippen LogP contribution in [0.5, 0.6) is 0 Å². The summed E-state index contributed by atoms with van der Waals surface area (Å²) in [6.45, 7) is 6.47. The first-order chi connectivity index (χ1) is 32.0. The van der Waals surface area contributed by atoms with Gasteiger partial charge in [0.1, 0.15) is 13.2 Å². The zero-order chi connectivity index (χ0) is 47.2. The summed E-state index contributed by atoms with van der Waals surface area (Å²) < 4.78 is 16.8. The smallest absolute Gasteiger partial charge is 0.306 e. The number of hydrogen-bond acceptors (Lipinski definition) is 6. The molecular weight excluding hydrogens is 805 g/mol. The summed E-state index contributed by atoms with van der Waals surface area (Å²) in [5.74, 6) is -0.926. The minimum absolute atomic E-state index is 0.0873. The maximum absolute atomic E-state index is 12.8. The molecule has 0 aliphatic carbocycles. The van der Waals surface area contributed by atoms with Gasteiger partial charge >= 0.3 is 17.9 Å². The molecule has 1 unspecified atom stereocenters. The Morgan fingerprint density at radius 3 is 1.09 bits per heavy atom. The van der Waals surface area contributed by atoms with Crippen molar-refractivity contribution in [3.05, 3.63) is 60.8 Å². The van der Waals surface area contributed by atoms with Gasteiger partial charge in [0, 0.05) is 19.3 Å². The fourth-order valence-electron chi connectivity index (χ4n) is 7.82. The molecule has 0 fully saturated rings. The first-order valence-electron chi connectivity index (χ1n) is 27.8. The van der Waals surface area contributed by atoms with Crippen LogP contribution in [0.25, 0.3) is 0 Å². The Bertz CT molecular complexity index is 1180. The Morgan fingerprint density at radius 2 is 0.646 bits per heavy atom. The standard InChI is InChI=1S/C59H104O6/c1-4-7-10-13-16-19-21-23-25-27-29-31-33-35-37-40-43-46-49-52-58(61)64-55-56(54-63-57(60)51-48-45-42-39-18-15-12-9-6-3)65-59(62)53-50-47-44-41-38-36-34-32-30-28-26-24-22-20-17-14-11-8-5-2/h9,12,16,18-19,21,23,28,30,39,56H,4-8,10-11,13-15,17,20,22,24-27,29,31-38,40-55H2,1-3H3/b12-9-,19-16-,23-21-,30-28-,39-18-. The largest absolute Gasteiger partial charge is 0.462 e. The van der Waals surface area contributed by atoms with Crippen LogP contribution in [0.15, 0.2) is 60.8 Å². The van der Waals surface area contributed by atoms with E-state index in [1.807, 2.05) is 0 Å². The molecule has 0 aromatic heterocycles. The van der Waals surface area contributed by atoms with Gasteiger partial charge in [-0.15, -0.1) is 0 Å². The molecule has 0 saturated heterocycles. The molecule has 0 N–H and O–H groups in total. The van der Waals surface area contributed by atoms with Crippen molar-refractivity contribution in [1.29, 1.82) is 0 Å². The lowest BCUT2D eigenvalue weighted by Gasteiger charge is -2.18. The minimum atomic E-state index is -0.789. The first kappa shape index (κ1) is 62.1. The van der Waals surface area contributed by atoms with Gasteiger partial charge < -0.3 is 14.2 Å². The fourth-order valence-corrected chi connectivity index (χ4v) is 7.82. The van der Waals surface area contributed by atoms with Gasteiger partial charge in [0.05, 0.1) is 0 Å². The van der Waals surface area contributed by atoms with Crippen LogP contribution in [0, 0.1) is 0 Å². The third-order valence-electron chi connectivity index (χ3n) is 12.0. The summed E-state index contributed by atoms with van der Waals surface area (Å²) in [7, 11) is 0. The van der Waals surface area contributed by atoms with Crippen LogP contribution in [-0.4, -0.2) is 37.2 Å². The Morgan fingerprint density at radius 1 is 0.338 bits per heavy atom. The van der Waals surface area contributed by atoms with E-state index in [0.29, 0.717) is 19.3 Å². The summed E-state index contributed by atoms with van der Waals surface area (Å²) >= 11 is 0. The van der Waals surface area contributed by atoms with Crippen LogP contribution in [0.4, 0.5) is 0 Å². The molecule has 0 amide bonds. The van der Waals surface area contributed by atoms with Crippen LogP contribution >= 0.6 is 0 Å². The Hall–Kier alpha value is -2.89. The Labute approximate surface area is 402 Å². The number of allylic oxidation sites excluding steroid dienone is 10. The van der Waals surface area contributed by atoms with Crippen molar-refractivity contribution in [3.63, 3.8) is 0 Å². The average Bonchev–Trinajstić information content (AvgIpc) is 3.30. The van der Waals surface area contributed by atoms with Gasteiger partial charge in [0.25, 0.3) is 0 Å². The van der Waals surface area contributed by atoms with Crippen molar-refractivity contribution >= 4 is 17.9 Å². The van der Waals surface area contributed by atoms with Gasteiger partial charge in [-0.1, -0.05) is 223 Å². The van der Waals surface area contributed by atoms with E-state index in [9.17, 15) is 14.4 Å². The van der Waals surface area contributed by atoms with Crippen molar-refractivity contribution in [2.45, 2.75) is 284 Å². The molecule has 0 aromatic carbocycles. The van der Waals surface area contributed by atoms with Crippen LogP contribution in [0.3, 0.4) is 0 Å². The molecule has 0 bridgehead atoms. The Balaban J connectivity index is 4.29. The molecule has 0 saturated carbocycles. The maximum Gasteiger partial charge on any atom is 0.306 e. The predicted octanol–water partition coefficient (Wildman–Crippen LogP) is 18.4. The highest BCUT2D eigenvalue weighted by molar-refractivity contribution is 5.71. The van der Waals surface area contributed by atoms with Crippen molar-refractivity contribution in [2.75, 3.05) is 13.2 Å². The van der Waals surface area contributed by atoms with Gasteiger partial charge in [-0.05, 0) is 96.3 Å². The highest BCUT2D eigenvalue weighted by Crippen LogP contribution is 2.15. The molecule has 0 aliphatic heterocycles. The zero-order valence-electron chi connectivity index (χ0n) is 43.0. The van der Waals surface area contributed by atoms with Crippen molar-refractivity contribution in [1.82, 2.24) is 0 Å². The van der Waals surface area contributed by atoms with Gasteiger partial charge in [0.2, 0.25) is 0 Å². The second kappa shape index (κ2) is 53.7. The molecular formula is C59H104O6. The number of carbonyl (C=O) groups excluding carboxylic acids is 3. The second-order valence-electron chi connectivity index (χ2n) is 18.5. The number of ether oxygens (including phenoxy) is 3.